The second-order valence-electron chi connectivity index (χ2n) is 3.98. The summed E-state index contributed by atoms with van der Waals surface area (Å²) in [5.41, 5.74) is 0. The van der Waals surface area contributed by atoms with E-state index < -0.39 is 0 Å². The van der Waals surface area contributed by atoms with Gasteiger partial charge in [-0.05, 0) is 37.6 Å². The summed E-state index contributed by atoms with van der Waals surface area (Å²) in [4.78, 5) is 0. The molecule has 72 valence electrons. The molecule has 2 heteroatoms. The molecule has 2 nitrogen and oxygen atoms in total. The van der Waals surface area contributed by atoms with Crippen molar-refractivity contribution >= 4 is 0 Å². The maximum absolute atomic E-state index is 9.04. The summed E-state index contributed by atoms with van der Waals surface area (Å²) in [5.74, 6) is 1.27. The largest absolute Gasteiger partial charge is 0.396 e. The lowest BCUT2D eigenvalue weighted by Gasteiger charge is -2.23. The van der Waals surface area contributed by atoms with Crippen molar-refractivity contribution in [1.29, 1.82) is 0 Å². The van der Waals surface area contributed by atoms with Crippen LogP contribution < -0.4 is 5.32 Å². The predicted molar refractivity (Wildman–Crippen MR) is 51.1 cm³/mol. The van der Waals surface area contributed by atoms with Crippen LogP contribution in [0, 0.1) is 11.8 Å². The standard InChI is InChI=1S/C10H21NO/c1-3-6-11-10(8(2)7-12)9-4-5-9/h8-12H,3-7H2,1-2H3. The highest BCUT2D eigenvalue weighted by atomic mass is 16.3. The first-order valence-electron chi connectivity index (χ1n) is 5.13. The molecule has 1 rings (SSSR count). The first-order valence-corrected chi connectivity index (χ1v) is 5.13. The summed E-state index contributed by atoms with van der Waals surface area (Å²) in [5, 5.41) is 12.6. The summed E-state index contributed by atoms with van der Waals surface area (Å²) >= 11 is 0. The minimum absolute atomic E-state index is 0.317. The summed E-state index contributed by atoms with van der Waals surface area (Å²) < 4.78 is 0. The molecule has 0 aromatic rings. The lowest BCUT2D eigenvalue weighted by Crippen LogP contribution is -2.38. The fraction of sp³-hybridized carbons (Fsp3) is 1.00. The third-order valence-corrected chi connectivity index (χ3v) is 2.66. The van der Waals surface area contributed by atoms with Gasteiger partial charge in [-0.15, -0.1) is 0 Å². The van der Waals surface area contributed by atoms with Crippen LogP contribution in [0.2, 0.25) is 0 Å². The van der Waals surface area contributed by atoms with Gasteiger partial charge in [-0.3, -0.25) is 0 Å². The monoisotopic (exact) mass is 171 g/mol. The Morgan fingerprint density at radius 2 is 2.17 bits per heavy atom. The van der Waals surface area contributed by atoms with E-state index >= 15 is 0 Å². The molecule has 0 spiro atoms. The van der Waals surface area contributed by atoms with Gasteiger partial charge < -0.3 is 10.4 Å². The molecule has 1 aliphatic carbocycles. The topological polar surface area (TPSA) is 32.3 Å². The Bertz CT molecular complexity index is 123. The zero-order chi connectivity index (χ0) is 8.97. The minimum atomic E-state index is 0.317. The summed E-state index contributed by atoms with van der Waals surface area (Å²) in [6.07, 6.45) is 3.89. The molecule has 0 bridgehead atoms. The third-order valence-electron chi connectivity index (χ3n) is 2.66. The number of rotatable bonds is 6. The quantitative estimate of drug-likeness (QED) is 0.633. The summed E-state index contributed by atoms with van der Waals surface area (Å²) in [6, 6.07) is 0.565. The molecule has 0 saturated heterocycles. The maximum atomic E-state index is 9.04. The van der Waals surface area contributed by atoms with E-state index in [1.54, 1.807) is 0 Å². The molecule has 1 aliphatic rings. The van der Waals surface area contributed by atoms with Gasteiger partial charge in [0.05, 0.1) is 0 Å². The molecule has 2 unspecified atom stereocenters. The highest BCUT2D eigenvalue weighted by molar-refractivity contribution is 4.89. The van der Waals surface area contributed by atoms with Gasteiger partial charge in [-0.2, -0.15) is 0 Å². The SMILES string of the molecule is CCCNC(C(C)CO)C1CC1. The van der Waals surface area contributed by atoms with Crippen LogP contribution in [-0.4, -0.2) is 24.3 Å². The molecular weight excluding hydrogens is 150 g/mol. The molecular formula is C10H21NO. The number of nitrogens with one attached hydrogen (secondary N) is 1. The Morgan fingerprint density at radius 3 is 2.58 bits per heavy atom. The Morgan fingerprint density at radius 1 is 1.50 bits per heavy atom. The Kier molecular flexibility index (Phi) is 4.02. The number of hydrogen-bond acceptors (Lipinski definition) is 2. The van der Waals surface area contributed by atoms with Gasteiger partial charge in [-0.25, -0.2) is 0 Å². The zero-order valence-corrected chi connectivity index (χ0v) is 8.21. The third kappa shape index (κ3) is 2.76. The van der Waals surface area contributed by atoms with Crippen LogP contribution >= 0.6 is 0 Å². The zero-order valence-electron chi connectivity index (χ0n) is 8.21. The normalized spacial score (nSPS) is 22.2. The van der Waals surface area contributed by atoms with E-state index in [9.17, 15) is 0 Å². The van der Waals surface area contributed by atoms with Gasteiger partial charge in [0.15, 0.2) is 0 Å². The fourth-order valence-electron chi connectivity index (χ4n) is 1.71. The van der Waals surface area contributed by atoms with E-state index in [0.29, 0.717) is 18.6 Å². The molecule has 1 saturated carbocycles. The van der Waals surface area contributed by atoms with E-state index in [2.05, 4.69) is 19.2 Å². The fourth-order valence-corrected chi connectivity index (χ4v) is 1.71. The van der Waals surface area contributed by atoms with E-state index in [0.717, 1.165) is 12.5 Å². The van der Waals surface area contributed by atoms with E-state index in [1.165, 1.54) is 19.3 Å². The first kappa shape index (κ1) is 10.0. The Hall–Kier alpha value is -0.0800. The highest BCUT2D eigenvalue weighted by Gasteiger charge is 2.33. The average molecular weight is 171 g/mol. The summed E-state index contributed by atoms with van der Waals surface area (Å²) in [7, 11) is 0. The van der Waals surface area contributed by atoms with Crippen LogP contribution in [0.1, 0.15) is 33.1 Å². The van der Waals surface area contributed by atoms with Crippen LogP contribution in [0.3, 0.4) is 0 Å². The molecule has 0 aromatic heterocycles. The van der Waals surface area contributed by atoms with E-state index in [-0.39, 0.29) is 0 Å². The van der Waals surface area contributed by atoms with Gasteiger partial charge in [-0.1, -0.05) is 13.8 Å². The lowest BCUT2D eigenvalue weighted by molar-refractivity contribution is 0.191. The van der Waals surface area contributed by atoms with Gasteiger partial charge in [0.25, 0.3) is 0 Å². The Labute approximate surface area is 75.4 Å². The van der Waals surface area contributed by atoms with Gasteiger partial charge in [0.2, 0.25) is 0 Å². The number of aliphatic hydroxyl groups is 1. The van der Waals surface area contributed by atoms with Crippen molar-refractivity contribution in [2.75, 3.05) is 13.2 Å². The summed E-state index contributed by atoms with van der Waals surface area (Å²) in [6.45, 7) is 5.72. The second-order valence-corrected chi connectivity index (χ2v) is 3.98. The molecule has 1 fully saturated rings. The molecule has 0 aliphatic heterocycles. The predicted octanol–water partition coefficient (Wildman–Crippen LogP) is 1.39. The lowest BCUT2D eigenvalue weighted by atomic mass is 9.98. The van der Waals surface area contributed by atoms with Crippen molar-refractivity contribution in [3.63, 3.8) is 0 Å². The van der Waals surface area contributed by atoms with Crippen molar-refractivity contribution in [2.24, 2.45) is 11.8 Å². The molecule has 0 aromatic carbocycles. The molecule has 0 amide bonds. The maximum Gasteiger partial charge on any atom is 0.0471 e. The van der Waals surface area contributed by atoms with Crippen molar-refractivity contribution in [2.45, 2.75) is 39.2 Å². The van der Waals surface area contributed by atoms with E-state index in [1.807, 2.05) is 0 Å². The molecule has 0 radical (unpaired) electrons. The van der Waals surface area contributed by atoms with Crippen LogP contribution in [0.4, 0.5) is 0 Å². The molecule has 0 heterocycles. The van der Waals surface area contributed by atoms with Crippen LogP contribution in [-0.2, 0) is 0 Å². The molecule has 12 heavy (non-hydrogen) atoms. The van der Waals surface area contributed by atoms with Crippen LogP contribution in [0.25, 0.3) is 0 Å². The first-order chi connectivity index (χ1) is 5.79. The molecule has 2 N–H and O–H groups in total. The van der Waals surface area contributed by atoms with Crippen LogP contribution in [0.15, 0.2) is 0 Å². The highest BCUT2D eigenvalue weighted by Crippen LogP contribution is 2.35. The van der Waals surface area contributed by atoms with Crippen LogP contribution in [0.5, 0.6) is 0 Å². The van der Waals surface area contributed by atoms with Crippen molar-refractivity contribution in [3.8, 4) is 0 Å². The van der Waals surface area contributed by atoms with Crippen molar-refractivity contribution in [1.82, 2.24) is 5.32 Å². The van der Waals surface area contributed by atoms with E-state index in [4.69, 9.17) is 5.11 Å². The van der Waals surface area contributed by atoms with Crippen molar-refractivity contribution < 1.29 is 5.11 Å². The molecule has 2 atom stereocenters. The van der Waals surface area contributed by atoms with Gasteiger partial charge in [0.1, 0.15) is 0 Å². The smallest absolute Gasteiger partial charge is 0.0471 e. The van der Waals surface area contributed by atoms with Crippen molar-refractivity contribution in [3.05, 3.63) is 0 Å². The second kappa shape index (κ2) is 4.83. The number of aliphatic hydroxyl groups excluding tert-OH is 1. The van der Waals surface area contributed by atoms with Gasteiger partial charge in [0, 0.05) is 12.6 Å². The average Bonchev–Trinajstić information content (AvgIpc) is 2.88. The number of hydrogen-bond donors (Lipinski definition) is 2. The van der Waals surface area contributed by atoms with Gasteiger partial charge >= 0.3 is 0 Å². The Balaban J connectivity index is 2.26. The minimum Gasteiger partial charge on any atom is -0.396 e.